The van der Waals surface area contributed by atoms with Crippen LogP contribution in [0, 0.1) is 25.5 Å². The van der Waals surface area contributed by atoms with Crippen LogP contribution in [0.25, 0.3) is 0 Å². The smallest absolute Gasteiger partial charge is 0.173 e. The second-order valence-corrected chi connectivity index (χ2v) is 5.97. The van der Waals surface area contributed by atoms with Gasteiger partial charge in [-0.15, -0.1) is 0 Å². The molecule has 0 radical (unpaired) electrons. The molecule has 4 heteroatoms. The van der Waals surface area contributed by atoms with Crippen molar-refractivity contribution in [2.75, 3.05) is 6.54 Å². The fourth-order valence-electron chi connectivity index (χ4n) is 2.55. The summed E-state index contributed by atoms with van der Waals surface area (Å²) in [5.41, 5.74) is 4.03. The molecule has 21 heavy (non-hydrogen) atoms. The van der Waals surface area contributed by atoms with E-state index in [-0.39, 0.29) is 10.5 Å². The van der Waals surface area contributed by atoms with Gasteiger partial charge in [0.2, 0.25) is 0 Å². The van der Waals surface area contributed by atoms with Gasteiger partial charge in [-0.3, -0.25) is 0 Å². The van der Waals surface area contributed by atoms with E-state index in [9.17, 15) is 8.78 Å². The minimum atomic E-state index is -0.847. The molecule has 0 aliphatic carbocycles. The first-order valence-electron chi connectivity index (χ1n) is 6.89. The molecule has 1 nitrogen and oxygen atoms in total. The summed E-state index contributed by atoms with van der Waals surface area (Å²) in [5, 5.41) is 3.34. The first kappa shape index (κ1) is 16.1. The predicted molar refractivity (Wildman–Crippen MR) is 85.5 cm³/mol. The molecule has 112 valence electrons. The summed E-state index contributed by atoms with van der Waals surface area (Å²) in [6.45, 7) is 6.77. The van der Waals surface area contributed by atoms with E-state index >= 15 is 0 Å². The maximum absolute atomic E-state index is 13.8. The van der Waals surface area contributed by atoms with Crippen LogP contribution in [-0.4, -0.2) is 6.54 Å². The summed E-state index contributed by atoms with van der Waals surface area (Å²) in [6, 6.07) is 8.82. The molecular weight excluding hydrogens is 336 g/mol. The lowest BCUT2D eigenvalue weighted by Crippen LogP contribution is -2.23. The summed E-state index contributed by atoms with van der Waals surface area (Å²) in [4.78, 5) is 0. The van der Waals surface area contributed by atoms with E-state index in [0.29, 0.717) is 5.56 Å². The van der Waals surface area contributed by atoms with Crippen LogP contribution in [0.15, 0.2) is 34.8 Å². The van der Waals surface area contributed by atoms with Crippen LogP contribution in [-0.2, 0) is 0 Å². The number of hydrogen-bond donors (Lipinski definition) is 1. The van der Waals surface area contributed by atoms with E-state index in [2.05, 4.69) is 39.4 Å². The maximum Gasteiger partial charge on any atom is 0.173 e. The molecule has 0 saturated heterocycles. The zero-order valence-corrected chi connectivity index (χ0v) is 13.9. The van der Waals surface area contributed by atoms with Gasteiger partial charge in [0, 0.05) is 0 Å². The van der Waals surface area contributed by atoms with Crippen LogP contribution in [0.4, 0.5) is 8.78 Å². The Hall–Kier alpha value is -1.26. The van der Waals surface area contributed by atoms with Gasteiger partial charge in [0.25, 0.3) is 0 Å². The predicted octanol–water partition coefficient (Wildman–Crippen LogP) is 5.04. The number of hydrogen-bond acceptors (Lipinski definition) is 1. The largest absolute Gasteiger partial charge is 0.306 e. The highest BCUT2D eigenvalue weighted by molar-refractivity contribution is 9.10. The van der Waals surface area contributed by atoms with E-state index in [0.717, 1.165) is 23.2 Å². The van der Waals surface area contributed by atoms with E-state index in [1.165, 1.54) is 6.07 Å². The van der Waals surface area contributed by atoms with E-state index in [1.807, 2.05) is 20.8 Å². The van der Waals surface area contributed by atoms with E-state index in [1.54, 1.807) is 6.07 Å². The Morgan fingerprint density at radius 1 is 1.10 bits per heavy atom. The fraction of sp³-hybridized carbons (Fsp3) is 0.294. The highest BCUT2D eigenvalue weighted by atomic mass is 79.9. The second-order valence-electron chi connectivity index (χ2n) is 5.18. The summed E-state index contributed by atoms with van der Waals surface area (Å²) in [7, 11) is 0. The Kier molecular flexibility index (Phi) is 5.12. The molecule has 1 unspecified atom stereocenters. The minimum Gasteiger partial charge on any atom is -0.306 e. The number of rotatable bonds is 4. The quantitative estimate of drug-likeness (QED) is 0.759. The van der Waals surface area contributed by atoms with Crippen molar-refractivity contribution >= 4 is 15.9 Å². The standard InChI is InChI=1S/C17H18BrF2N/c1-4-21-17(12-8-10(2)7-11(3)9-12)13-5-6-14(19)16(20)15(13)18/h5-9,17,21H,4H2,1-3H3. The van der Waals surface area contributed by atoms with Gasteiger partial charge < -0.3 is 5.32 Å². The molecule has 1 atom stereocenters. The zero-order valence-electron chi connectivity index (χ0n) is 12.3. The molecule has 0 bridgehead atoms. The average molecular weight is 354 g/mol. The van der Waals surface area contributed by atoms with E-state index < -0.39 is 11.6 Å². The van der Waals surface area contributed by atoms with Gasteiger partial charge in [-0.1, -0.05) is 42.3 Å². The third kappa shape index (κ3) is 3.50. The first-order valence-corrected chi connectivity index (χ1v) is 7.68. The minimum absolute atomic E-state index is 0.174. The van der Waals surface area contributed by atoms with Gasteiger partial charge in [-0.05, 0) is 53.5 Å². The molecule has 2 rings (SSSR count). The first-order chi connectivity index (χ1) is 9.93. The topological polar surface area (TPSA) is 12.0 Å². The van der Waals surface area contributed by atoms with Gasteiger partial charge >= 0.3 is 0 Å². The van der Waals surface area contributed by atoms with Crippen molar-refractivity contribution in [3.63, 3.8) is 0 Å². The van der Waals surface area contributed by atoms with Crippen molar-refractivity contribution in [1.29, 1.82) is 0 Å². The normalized spacial score (nSPS) is 12.5. The number of halogens is 3. The third-order valence-electron chi connectivity index (χ3n) is 3.36. The van der Waals surface area contributed by atoms with Crippen molar-refractivity contribution in [3.05, 3.63) is 68.7 Å². The molecule has 0 saturated carbocycles. The molecule has 0 amide bonds. The Morgan fingerprint density at radius 3 is 2.29 bits per heavy atom. The highest BCUT2D eigenvalue weighted by Gasteiger charge is 2.20. The Labute approximate surface area is 132 Å². The summed E-state index contributed by atoms with van der Waals surface area (Å²) >= 11 is 3.18. The lowest BCUT2D eigenvalue weighted by atomic mass is 9.95. The molecule has 1 N–H and O–H groups in total. The molecule has 0 fully saturated rings. The summed E-state index contributed by atoms with van der Waals surface area (Å²) in [6.07, 6.45) is 0. The van der Waals surface area contributed by atoms with Gasteiger partial charge in [0.1, 0.15) is 0 Å². The maximum atomic E-state index is 13.8. The Bertz CT molecular complexity index is 635. The molecular formula is C17H18BrF2N. The molecule has 0 aliphatic heterocycles. The van der Waals surface area contributed by atoms with E-state index in [4.69, 9.17) is 0 Å². The lowest BCUT2D eigenvalue weighted by Gasteiger charge is -2.21. The number of nitrogens with one attached hydrogen (secondary N) is 1. The number of aryl methyl sites for hydroxylation is 2. The molecule has 2 aromatic carbocycles. The van der Waals surface area contributed by atoms with Crippen LogP contribution in [0.3, 0.4) is 0 Å². The van der Waals surface area contributed by atoms with Crippen molar-refractivity contribution in [1.82, 2.24) is 5.32 Å². The van der Waals surface area contributed by atoms with Crippen molar-refractivity contribution in [2.24, 2.45) is 0 Å². The van der Waals surface area contributed by atoms with Crippen molar-refractivity contribution in [2.45, 2.75) is 26.8 Å². The highest BCUT2D eigenvalue weighted by Crippen LogP contribution is 2.32. The van der Waals surface area contributed by atoms with Crippen molar-refractivity contribution in [3.8, 4) is 0 Å². The summed E-state index contributed by atoms with van der Waals surface area (Å²) in [5.74, 6) is -1.69. The molecule has 0 aliphatic rings. The van der Waals surface area contributed by atoms with Crippen LogP contribution < -0.4 is 5.32 Å². The van der Waals surface area contributed by atoms with Crippen LogP contribution in [0.5, 0.6) is 0 Å². The second kappa shape index (κ2) is 6.67. The zero-order chi connectivity index (χ0) is 15.6. The van der Waals surface area contributed by atoms with Gasteiger partial charge in [0.05, 0.1) is 10.5 Å². The van der Waals surface area contributed by atoms with Crippen LogP contribution >= 0.6 is 15.9 Å². The number of benzene rings is 2. The lowest BCUT2D eigenvalue weighted by molar-refractivity contribution is 0.498. The Balaban J connectivity index is 2.56. The molecule has 0 spiro atoms. The van der Waals surface area contributed by atoms with Crippen molar-refractivity contribution < 1.29 is 8.78 Å². The van der Waals surface area contributed by atoms with Gasteiger partial charge in [0.15, 0.2) is 11.6 Å². The van der Waals surface area contributed by atoms with Gasteiger partial charge in [-0.25, -0.2) is 8.78 Å². The monoisotopic (exact) mass is 353 g/mol. The molecule has 0 heterocycles. The van der Waals surface area contributed by atoms with Crippen LogP contribution in [0.2, 0.25) is 0 Å². The Morgan fingerprint density at radius 2 is 1.71 bits per heavy atom. The fourth-order valence-corrected chi connectivity index (χ4v) is 3.10. The molecule has 0 aromatic heterocycles. The third-order valence-corrected chi connectivity index (χ3v) is 4.17. The molecule has 2 aromatic rings. The average Bonchev–Trinajstić information content (AvgIpc) is 2.42. The van der Waals surface area contributed by atoms with Gasteiger partial charge in [-0.2, -0.15) is 0 Å². The summed E-state index contributed by atoms with van der Waals surface area (Å²) < 4.78 is 27.3. The SMILES string of the molecule is CCNC(c1cc(C)cc(C)c1)c1ccc(F)c(F)c1Br. The van der Waals surface area contributed by atoms with Crippen LogP contribution in [0.1, 0.15) is 35.2 Å².